The first-order chi connectivity index (χ1) is 17.0. The fourth-order valence-electron chi connectivity index (χ4n) is 7.42. The maximum atomic E-state index is 13.1. The first-order valence-corrected chi connectivity index (χ1v) is 12.6. The molecule has 0 radical (unpaired) electrons. The first kappa shape index (κ1) is 25.8. The summed E-state index contributed by atoms with van der Waals surface area (Å²) in [7, 11) is 0. The molecule has 2 aliphatic heterocycles. The van der Waals surface area contributed by atoms with Crippen molar-refractivity contribution in [2.75, 3.05) is 6.61 Å². The van der Waals surface area contributed by atoms with Crippen LogP contribution in [0.2, 0.25) is 0 Å². The van der Waals surface area contributed by atoms with Crippen LogP contribution in [-0.2, 0) is 32.7 Å². The van der Waals surface area contributed by atoms with E-state index in [9.17, 15) is 35.4 Å². The third-order valence-electron chi connectivity index (χ3n) is 9.12. The van der Waals surface area contributed by atoms with Crippen LogP contribution < -0.4 is 0 Å². The molecule has 10 heteroatoms. The zero-order valence-electron chi connectivity index (χ0n) is 20.8. The van der Waals surface area contributed by atoms with Crippen LogP contribution in [0.4, 0.5) is 0 Å². The molecule has 0 amide bonds. The van der Waals surface area contributed by atoms with Gasteiger partial charge in [-0.15, -0.1) is 0 Å². The van der Waals surface area contributed by atoms with Gasteiger partial charge in [0.25, 0.3) is 0 Å². The number of aromatic hydroxyl groups is 1. The van der Waals surface area contributed by atoms with Crippen LogP contribution in [-0.4, -0.2) is 73.9 Å². The van der Waals surface area contributed by atoms with E-state index in [-0.39, 0.29) is 28.2 Å². The lowest BCUT2D eigenvalue weighted by atomic mass is 9.49. The van der Waals surface area contributed by atoms with E-state index in [1.54, 1.807) is 0 Å². The van der Waals surface area contributed by atoms with Crippen LogP contribution in [0.3, 0.4) is 0 Å². The molecule has 4 aliphatic rings. The van der Waals surface area contributed by atoms with Gasteiger partial charge in [0.1, 0.15) is 30.2 Å². The molecule has 0 spiro atoms. The Hall–Kier alpha value is -1.79. The van der Waals surface area contributed by atoms with Crippen molar-refractivity contribution < 1.29 is 49.6 Å². The summed E-state index contributed by atoms with van der Waals surface area (Å²) in [5.74, 6) is -0.611. The molecule has 36 heavy (non-hydrogen) atoms. The number of hydrogen-bond acceptors (Lipinski definition) is 10. The molecule has 6 N–H and O–H groups in total. The van der Waals surface area contributed by atoms with Crippen molar-refractivity contribution in [2.24, 2.45) is 11.3 Å². The van der Waals surface area contributed by atoms with Gasteiger partial charge in [-0.1, -0.05) is 27.2 Å². The van der Waals surface area contributed by atoms with E-state index in [0.717, 1.165) is 31.2 Å². The molecule has 1 aromatic carbocycles. The molecule has 8 atom stereocenters. The average Bonchev–Trinajstić information content (AvgIpc) is 3.14. The number of esters is 1. The van der Waals surface area contributed by atoms with Gasteiger partial charge in [-0.05, 0) is 53.6 Å². The van der Waals surface area contributed by atoms with Gasteiger partial charge in [0.2, 0.25) is 6.29 Å². The quantitative estimate of drug-likeness (QED) is 0.322. The molecule has 1 saturated heterocycles. The van der Waals surface area contributed by atoms with Crippen LogP contribution in [0, 0.1) is 11.3 Å². The third kappa shape index (κ3) is 3.61. The molecule has 2 heterocycles. The number of aliphatic hydroxyl groups excluding tert-OH is 5. The van der Waals surface area contributed by atoms with Gasteiger partial charge in [0.15, 0.2) is 6.29 Å². The van der Waals surface area contributed by atoms with E-state index in [1.165, 1.54) is 0 Å². The molecule has 0 unspecified atom stereocenters. The van der Waals surface area contributed by atoms with Crippen LogP contribution in [0.25, 0.3) is 0 Å². The minimum Gasteiger partial charge on any atom is -0.507 e. The molecular formula is C26H36O10. The summed E-state index contributed by atoms with van der Waals surface area (Å²) in [6.45, 7) is 5.42. The van der Waals surface area contributed by atoms with E-state index in [4.69, 9.17) is 14.2 Å². The van der Waals surface area contributed by atoms with Crippen molar-refractivity contribution in [1.82, 2.24) is 0 Å². The fraction of sp³-hybridized carbons (Fsp3) is 0.731. The Kier molecular flexibility index (Phi) is 6.39. The Labute approximate surface area is 209 Å². The third-order valence-corrected chi connectivity index (χ3v) is 9.12. The maximum Gasteiger partial charge on any atom is 0.341 e. The summed E-state index contributed by atoms with van der Waals surface area (Å²) in [6, 6.07) is 0. The lowest BCUT2D eigenvalue weighted by Crippen LogP contribution is -2.59. The van der Waals surface area contributed by atoms with Gasteiger partial charge in [-0.2, -0.15) is 0 Å². The molecule has 5 rings (SSSR count). The number of carbonyl (C=O) groups is 1. The Morgan fingerprint density at radius 2 is 1.78 bits per heavy atom. The summed E-state index contributed by atoms with van der Waals surface area (Å²) in [5.41, 5.74) is 1.58. The number of aliphatic hydroxyl groups is 5. The highest BCUT2D eigenvalue weighted by molar-refractivity contribution is 5.97. The van der Waals surface area contributed by atoms with Gasteiger partial charge in [0, 0.05) is 11.1 Å². The lowest BCUT2D eigenvalue weighted by Gasteiger charge is -2.55. The summed E-state index contributed by atoms with van der Waals surface area (Å²) in [4.78, 5) is 13.1. The maximum absolute atomic E-state index is 13.1. The summed E-state index contributed by atoms with van der Waals surface area (Å²) < 4.78 is 17.0. The van der Waals surface area contributed by atoms with E-state index < -0.39 is 61.6 Å². The topological polar surface area (TPSA) is 166 Å². The zero-order chi connectivity index (χ0) is 26.2. The van der Waals surface area contributed by atoms with Gasteiger partial charge in [-0.3, -0.25) is 0 Å². The molecular weight excluding hydrogens is 472 g/mol. The number of carbonyl (C=O) groups excluding carboxylic acids is 1. The van der Waals surface area contributed by atoms with Crippen molar-refractivity contribution in [1.29, 1.82) is 0 Å². The number of ether oxygens (including phenoxy) is 3. The number of hydrogen-bond donors (Lipinski definition) is 6. The van der Waals surface area contributed by atoms with Crippen molar-refractivity contribution in [3.05, 3.63) is 27.8 Å². The van der Waals surface area contributed by atoms with Crippen molar-refractivity contribution >= 4 is 5.97 Å². The molecule has 200 valence electrons. The van der Waals surface area contributed by atoms with Gasteiger partial charge >= 0.3 is 5.97 Å². The van der Waals surface area contributed by atoms with Crippen LogP contribution in [0.5, 0.6) is 5.75 Å². The number of rotatable bonds is 4. The second-order valence-electron chi connectivity index (χ2n) is 11.5. The van der Waals surface area contributed by atoms with Crippen LogP contribution in [0.1, 0.15) is 85.4 Å². The van der Waals surface area contributed by atoms with Crippen molar-refractivity contribution in [3.8, 4) is 5.75 Å². The second kappa shape index (κ2) is 8.90. The number of benzene rings is 1. The molecule has 10 nitrogen and oxygen atoms in total. The predicted molar refractivity (Wildman–Crippen MR) is 124 cm³/mol. The summed E-state index contributed by atoms with van der Waals surface area (Å²) >= 11 is 0. The minimum absolute atomic E-state index is 0.0277. The van der Waals surface area contributed by atoms with Crippen molar-refractivity contribution in [3.63, 3.8) is 0 Å². The Morgan fingerprint density at radius 3 is 2.44 bits per heavy atom. The van der Waals surface area contributed by atoms with E-state index in [0.29, 0.717) is 17.5 Å². The minimum atomic E-state index is -1.67. The van der Waals surface area contributed by atoms with Crippen molar-refractivity contribution in [2.45, 2.75) is 102 Å². The largest absolute Gasteiger partial charge is 0.507 e. The predicted octanol–water partition coefficient (Wildman–Crippen LogP) is 0.900. The summed E-state index contributed by atoms with van der Waals surface area (Å²) in [6.07, 6.45) is -4.66. The highest BCUT2D eigenvalue weighted by Gasteiger charge is 2.55. The van der Waals surface area contributed by atoms with Crippen LogP contribution >= 0.6 is 0 Å². The standard InChI is InChI=1S/C26H36O10/c1-25(2)7-4-8-26(3)14(25)6-5-11-17(26)16-15(12(9-27)18(11)29)22(33)35-23(16)36-24-21(32)20(31)19(30)13(10-28)34-24/h13-14,19-21,23-24,27-32H,4-10H2,1-3H3/t13-,14+,19-,20+,21-,23-,24+,26+/m1/s1. The highest BCUT2D eigenvalue weighted by atomic mass is 16.8. The Bertz CT molecular complexity index is 1050. The molecule has 2 aliphatic carbocycles. The molecule has 1 saturated carbocycles. The second-order valence-corrected chi connectivity index (χ2v) is 11.5. The normalized spacial score (nSPS) is 39.2. The Morgan fingerprint density at radius 1 is 1.06 bits per heavy atom. The van der Waals surface area contributed by atoms with Gasteiger partial charge in [-0.25, -0.2) is 4.79 Å². The Balaban J connectivity index is 1.64. The number of cyclic esters (lactones) is 1. The van der Waals surface area contributed by atoms with E-state index in [2.05, 4.69) is 20.8 Å². The van der Waals surface area contributed by atoms with E-state index in [1.807, 2.05) is 0 Å². The first-order valence-electron chi connectivity index (χ1n) is 12.6. The number of phenols is 1. The summed E-state index contributed by atoms with van der Waals surface area (Å²) in [5, 5.41) is 61.7. The van der Waals surface area contributed by atoms with Gasteiger partial charge in [0.05, 0.1) is 18.8 Å². The SMILES string of the molecule is CC1(C)CCC[C@]2(C)c3c(c(O)c(CO)c4c3[C@@H](O[C@@H]3O[C@H](CO)[C@@H](O)[C@H](O)[C@H]3O)OC4=O)CC[C@@H]12. The highest BCUT2D eigenvalue weighted by Crippen LogP contribution is 2.61. The number of fused-ring (bicyclic) bond motifs is 5. The smallest absolute Gasteiger partial charge is 0.341 e. The fourth-order valence-corrected chi connectivity index (χ4v) is 7.42. The average molecular weight is 509 g/mol. The van der Waals surface area contributed by atoms with Crippen LogP contribution in [0.15, 0.2) is 0 Å². The van der Waals surface area contributed by atoms with Gasteiger partial charge < -0.3 is 44.8 Å². The molecule has 2 fully saturated rings. The van der Waals surface area contributed by atoms with E-state index >= 15 is 0 Å². The molecule has 0 aromatic heterocycles. The zero-order valence-corrected chi connectivity index (χ0v) is 20.8. The molecule has 0 bridgehead atoms. The molecule has 1 aromatic rings. The monoisotopic (exact) mass is 508 g/mol. The lowest BCUT2D eigenvalue weighted by molar-refractivity contribution is -0.331.